The molecule has 1 aromatic rings. The Hall–Kier alpha value is -1.84. The molecule has 0 unspecified atom stereocenters. The van der Waals surface area contributed by atoms with Crippen molar-refractivity contribution in [2.75, 3.05) is 0 Å². The van der Waals surface area contributed by atoms with Crippen LogP contribution in [0.15, 0.2) is 18.2 Å². The zero-order valence-electron chi connectivity index (χ0n) is 9.36. The largest absolute Gasteiger partial charge is 0.490 e. The van der Waals surface area contributed by atoms with E-state index >= 15 is 0 Å². The summed E-state index contributed by atoms with van der Waals surface area (Å²) in [4.78, 5) is 22.8. The number of amides is 2. The standard InChI is InChI=1S/C13H13NO3/c15-12-10-6-5-9(7-11(10)13(16)14-12)17-8-3-1-2-4-8/h5-8H,1-4H2,(H,14,15,16). The van der Waals surface area contributed by atoms with Gasteiger partial charge in [0.15, 0.2) is 0 Å². The number of fused-ring (bicyclic) bond motifs is 1. The van der Waals surface area contributed by atoms with Crippen molar-refractivity contribution >= 4 is 11.8 Å². The smallest absolute Gasteiger partial charge is 0.259 e. The summed E-state index contributed by atoms with van der Waals surface area (Å²) >= 11 is 0. The third-order valence-corrected chi connectivity index (χ3v) is 3.31. The Morgan fingerprint density at radius 2 is 1.76 bits per heavy atom. The van der Waals surface area contributed by atoms with Gasteiger partial charge in [-0.05, 0) is 43.9 Å². The Bertz CT molecular complexity index is 489. The molecule has 3 rings (SSSR count). The molecular weight excluding hydrogens is 218 g/mol. The quantitative estimate of drug-likeness (QED) is 0.791. The van der Waals surface area contributed by atoms with E-state index in [0.29, 0.717) is 16.9 Å². The third-order valence-electron chi connectivity index (χ3n) is 3.31. The normalized spacial score (nSPS) is 19.3. The first kappa shape index (κ1) is 10.3. The maximum atomic E-state index is 11.5. The summed E-state index contributed by atoms with van der Waals surface area (Å²) in [5, 5.41) is 2.27. The molecule has 0 saturated heterocycles. The second kappa shape index (κ2) is 3.87. The van der Waals surface area contributed by atoms with E-state index in [1.165, 1.54) is 12.8 Å². The van der Waals surface area contributed by atoms with Crippen molar-refractivity contribution in [3.63, 3.8) is 0 Å². The molecule has 2 amide bonds. The highest BCUT2D eigenvalue weighted by atomic mass is 16.5. The summed E-state index contributed by atoms with van der Waals surface area (Å²) < 4.78 is 5.79. The lowest BCUT2D eigenvalue weighted by atomic mass is 10.1. The molecule has 4 nitrogen and oxygen atoms in total. The Labute approximate surface area is 99.0 Å². The molecule has 1 fully saturated rings. The van der Waals surface area contributed by atoms with E-state index in [0.717, 1.165) is 12.8 Å². The molecule has 0 spiro atoms. The van der Waals surface area contributed by atoms with Gasteiger partial charge in [-0.1, -0.05) is 0 Å². The van der Waals surface area contributed by atoms with E-state index < -0.39 is 0 Å². The minimum Gasteiger partial charge on any atom is -0.490 e. The summed E-state index contributed by atoms with van der Waals surface area (Å²) in [7, 11) is 0. The van der Waals surface area contributed by atoms with Gasteiger partial charge in [0.2, 0.25) is 0 Å². The minimum atomic E-state index is -0.332. The van der Waals surface area contributed by atoms with Crippen LogP contribution in [-0.2, 0) is 0 Å². The van der Waals surface area contributed by atoms with Crippen molar-refractivity contribution < 1.29 is 14.3 Å². The zero-order valence-corrected chi connectivity index (χ0v) is 9.36. The fourth-order valence-electron chi connectivity index (χ4n) is 2.42. The predicted molar refractivity (Wildman–Crippen MR) is 61.1 cm³/mol. The van der Waals surface area contributed by atoms with Gasteiger partial charge < -0.3 is 4.74 Å². The van der Waals surface area contributed by atoms with Gasteiger partial charge in [-0.2, -0.15) is 0 Å². The van der Waals surface area contributed by atoms with Crippen molar-refractivity contribution in [2.24, 2.45) is 0 Å². The van der Waals surface area contributed by atoms with E-state index in [1.807, 2.05) is 0 Å². The first-order chi connectivity index (χ1) is 8.24. The van der Waals surface area contributed by atoms with Gasteiger partial charge in [0, 0.05) is 0 Å². The molecule has 4 heteroatoms. The number of benzene rings is 1. The van der Waals surface area contributed by atoms with Crippen LogP contribution in [0.4, 0.5) is 0 Å². The summed E-state index contributed by atoms with van der Waals surface area (Å²) in [6.07, 6.45) is 4.81. The van der Waals surface area contributed by atoms with Crippen LogP contribution >= 0.6 is 0 Å². The molecule has 88 valence electrons. The number of carbonyl (C=O) groups is 2. The lowest BCUT2D eigenvalue weighted by Crippen LogP contribution is -2.19. The fraction of sp³-hybridized carbons (Fsp3) is 0.385. The van der Waals surface area contributed by atoms with Crippen LogP contribution in [-0.4, -0.2) is 17.9 Å². The Balaban J connectivity index is 1.85. The van der Waals surface area contributed by atoms with Crippen LogP contribution in [0, 0.1) is 0 Å². The zero-order chi connectivity index (χ0) is 11.8. The average Bonchev–Trinajstić information content (AvgIpc) is 2.89. The first-order valence-electron chi connectivity index (χ1n) is 5.90. The summed E-state index contributed by atoms with van der Waals surface area (Å²) in [5.74, 6) is 0.0276. The number of ether oxygens (including phenoxy) is 1. The van der Waals surface area contributed by atoms with Gasteiger partial charge in [0.05, 0.1) is 17.2 Å². The van der Waals surface area contributed by atoms with Crippen molar-refractivity contribution in [1.29, 1.82) is 0 Å². The number of carbonyl (C=O) groups excluding carboxylic acids is 2. The lowest BCUT2D eigenvalue weighted by molar-refractivity contribution is 0.0879. The summed E-state index contributed by atoms with van der Waals surface area (Å²) in [6.45, 7) is 0. The number of rotatable bonds is 2. The van der Waals surface area contributed by atoms with Crippen molar-refractivity contribution in [3.05, 3.63) is 29.3 Å². The first-order valence-corrected chi connectivity index (χ1v) is 5.90. The number of imide groups is 1. The van der Waals surface area contributed by atoms with Crippen molar-refractivity contribution in [3.8, 4) is 5.75 Å². The Morgan fingerprint density at radius 3 is 2.53 bits per heavy atom. The van der Waals surface area contributed by atoms with Crippen molar-refractivity contribution in [2.45, 2.75) is 31.8 Å². The van der Waals surface area contributed by atoms with Crippen molar-refractivity contribution in [1.82, 2.24) is 5.32 Å². The molecule has 0 radical (unpaired) electrons. The van der Waals surface area contributed by atoms with Gasteiger partial charge in [-0.25, -0.2) is 0 Å². The van der Waals surface area contributed by atoms with Crippen LogP contribution in [0.3, 0.4) is 0 Å². The molecule has 1 N–H and O–H groups in total. The molecule has 1 heterocycles. The van der Waals surface area contributed by atoms with Gasteiger partial charge in [0.25, 0.3) is 11.8 Å². The van der Waals surface area contributed by atoms with Crippen LogP contribution < -0.4 is 10.1 Å². The van der Waals surface area contributed by atoms with Gasteiger partial charge in [-0.15, -0.1) is 0 Å². The number of hydrogen-bond donors (Lipinski definition) is 1. The minimum absolute atomic E-state index is 0.258. The molecule has 1 aliphatic carbocycles. The third kappa shape index (κ3) is 1.79. The summed E-state index contributed by atoms with van der Waals surface area (Å²) in [6, 6.07) is 5.07. The van der Waals surface area contributed by atoms with Crippen LogP contribution in [0.25, 0.3) is 0 Å². The molecule has 0 bridgehead atoms. The second-order valence-electron chi connectivity index (χ2n) is 4.51. The molecule has 1 aromatic carbocycles. The van der Waals surface area contributed by atoms with E-state index in [1.54, 1.807) is 18.2 Å². The monoisotopic (exact) mass is 231 g/mol. The van der Waals surface area contributed by atoms with Crippen LogP contribution in [0.1, 0.15) is 46.4 Å². The second-order valence-corrected chi connectivity index (χ2v) is 4.51. The number of nitrogens with one attached hydrogen (secondary N) is 1. The van der Waals surface area contributed by atoms with Gasteiger partial charge in [0.1, 0.15) is 5.75 Å². The Kier molecular flexibility index (Phi) is 2.35. The summed E-state index contributed by atoms with van der Waals surface area (Å²) in [5.41, 5.74) is 0.860. The average molecular weight is 231 g/mol. The highest BCUT2D eigenvalue weighted by Gasteiger charge is 2.27. The molecule has 17 heavy (non-hydrogen) atoms. The maximum Gasteiger partial charge on any atom is 0.259 e. The molecule has 0 atom stereocenters. The molecular formula is C13H13NO3. The SMILES string of the molecule is O=C1NC(=O)c2cc(OC3CCCC3)ccc21. The van der Waals surface area contributed by atoms with Gasteiger partial charge in [-0.3, -0.25) is 14.9 Å². The van der Waals surface area contributed by atoms with Crippen LogP contribution in [0.5, 0.6) is 5.75 Å². The lowest BCUT2D eigenvalue weighted by Gasteiger charge is -2.13. The highest BCUT2D eigenvalue weighted by molar-refractivity contribution is 6.21. The predicted octanol–water partition coefficient (Wildman–Crippen LogP) is 1.89. The van der Waals surface area contributed by atoms with E-state index in [4.69, 9.17) is 4.74 Å². The molecule has 2 aliphatic rings. The maximum absolute atomic E-state index is 11.5. The highest BCUT2D eigenvalue weighted by Crippen LogP contribution is 2.27. The number of hydrogen-bond acceptors (Lipinski definition) is 3. The van der Waals surface area contributed by atoms with E-state index in [-0.39, 0.29) is 17.9 Å². The molecule has 1 saturated carbocycles. The van der Waals surface area contributed by atoms with E-state index in [2.05, 4.69) is 5.32 Å². The van der Waals surface area contributed by atoms with Crippen LogP contribution in [0.2, 0.25) is 0 Å². The van der Waals surface area contributed by atoms with E-state index in [9.17, 15) is 9.59 Å². The molecule has 1 aliphatic heterocycles. The Morgan fingerprint density at radius 1 is 1.06 bits per heavy atom. The van der Waals surface area contributed by atoms with Gasteiger partial charge >= 0.3 is 0 Å². The fourth-order valence-corrected chi connectivity index (χ4v) is 2.42. The molecule has 0 aromatic heterocycles. The topological polar surface area (TPSA) is 55.4 Å².